The Hall–Kier alpha value is -2.92. The van der Waals surface area contributed by atoms with Gasteiger partial charge in [-0.1, -0.05) is 54.6 Å². The number of fused-ring (bicyclic) bond motifs is 1. The van der Waals surface area contributed by atoms with Crippen molar-refractivity contribution in [2.24, 2.45) is 0 Å². The molecule has 0 fully saturated rings. The summed E-state index contributed by atoms with van der Waals surface area (Å²) in [5, 5.41) is 10.9. The third-order valence-electron chi connectivity index (χ3n) is 4.66. The van der Waals surface area contributed by atoms with Gasteiger partial charge in [0.2, 0.25) is 5.91 Å². The predicted octanol–water partition coefficient (Wildman–Crippen LogP) is 4.68. The molecule has 27 heavy (non-hydrogen) atoms. The minimum atomic E-state index is -0.379. The smallest absolute Gasteiger partial charge is 0.244 e. The summed E-state index contributed by atoms with van der Waals surface area (Å²) >= 11 is 1.71. The van der Waals surface area contributed by atoms with Gasteiger partial charge in [-0.25, -0.2) is 0 Å². The third-order valence-corrected chi connectivity index (χ3v) is 5.59. The summed E-state index contributed by atoms with van der Waals surface area (Å²) in [5.74, 6) is -0.0144. The van der Waals surface area contributed by atoms with Crippen LogP contribution in [0.2, 0.25) is 0 Å². The number of rotatable bonds is 6. The second-order valence-corrected chi connectivity index (χ2v) is 7.50. The summed E-state index contributed by atoms with van der Waals surface area (Å²) in [4.78, 5) is 14.0. The van der Waals surface area contributed by atoms with Gasteiger partial charge in [0.15, 0.2) is 0 Å². The van der Waals surface area contributed by atoms with Crippen molar-refractivity contribution in [1.82, 2.24) is 15.1 Å². The Balaban J connectivity index is 1.58. The molecule has 1 amide bonds. The normalized spacial score (nSPS) is 12.2. The molecule has 4 nitrogen and oxygen atoms in total. The van der Waals surface area contributed by atoms with Crippen molar-refractivity contribution in [3.05, 3.63) is 77.0 Å². The van der Waals surface area contributed by atoms with E-state index in [1.165, 1.54) is 4.88 Å². The summed E-state index contributed by atoms with van der Waals surface area (Å²) in [6.07, 6.45) is 0.852. The van der Waals surface area contributed by atoms with E-state index in [-0.39, 0.29) is 11.9 Å². The fourth-order valence-electron chi connectivity index (χ4n) is 3.22. The summed E-state index contributed by atoms with van der Waals surface area (Å²) in [5.41, 5.74) is 2.93. The molecule has 2 heterocycles. The standard InChI is InChI=1S/C22H21N3OS/c1-16(22(26)23-14-13-18-10-7-15-27-18)25-20-12-6-5-11-19(20)21(24-25)17-8-3-2-4-9-17/h2-12,15-16H,13-14H2,1H3,(H,23,26). The van der Waals surface area contributed by atoms with Gasteiger partial charge in [0, 0.05) is 22.4 Å². The van der Waals surface area contributed by atoms with Gasteiger partial charge in [0.25, 0.3) is 0 Å². The molecule has 4 aromatic rings. The lowest BCUT2D eigenvalue weighted by molar-refractivity contribution is -0.123. The van der Waals surface area contributed by atoms with E-state index in [2.05, 4.69) is 22.8 Å². The molecule has 5 heteroatoms. The number of carbonyl (C=O) groups excluding carboxylic acids is 1. The van der Waals surface area contributed by atoms with E-state index in [0.29, 0.717) is 6.54 Å². The number of carbonyl (C=O) groups is 1. The average molecular weight is 375 g/mol. The van der Waals surface area contributed by atoms with E-state index in [1.54, 1.807) is 11.3 Å². The van der Waals surface area contributed by atoms with Crippen LogP contribution in [0.5, 0.6) is 0 Å². The maximum atomic E-state index is 12.7. The van der Waals surface area contributed by atoms with Crippen LogP contribution in [0.15, 0.2) is 72.1 Å². The molecule has 0 bridgehead atoms. The zero-order valence-electron chi connectivity index (χ0n) is 15.1. The van der Waals surface area contributed by atoms with E-state index in [1.807, 2.05) is 66.2 Å². The monoisotopic (exact) mass is 375 g/mol. The molecule has 2 aromatic carbocycles. The predicted molar refractivity (Wildman–Crippen MR) is 111 cm³/mol. The van der Waals surface area contributed by atoms with Crippen LogP contribution in [-0.2, 0) is 11.2 Å². The van der Waals surface area contributed by atoms with E-state index >= 15 is 0 Å². The lowest BCUT2D eigenvalue weighted by Gasteiger charge is -2.13. The fourth-order valence-corrected chi connectivity index (χ4v) is 3.93. The zero-order chi connectivity index (χ0) is 18.6. The number of aromatic nitrogens is 2. The van der Waals surface area contributed by atoms with Gasteiger partial charge in [-0.05, 0) is 30.9 Å². The quantitative estimate of drug-likeness (QED) is 0.532. The summed E-state index contributed by atoms with van der Waals surface area (Å²) in [7, 11) is 0. The highest BCUT2D eigenvalue weighted by atomic mass is 32.1. The highest BCUT2D eigenvalue weighted by molar-refractivity contribution is 7.09. The van der Waals surface area contributed by atoms with Gasteiger partial charge in [-0.2, -0.15) is 5.10 Å². The van der Waals surface area contributed by atoms with Crippen LogP contribution in [0, 0.1) is 0 Å². The van der Waals surface area contributed by atoms with Crippen molar-refractivity contribution < 1.29 is 4.79 Å². The molecule has 0 saturated carbocycles. The number of amides is 1. The SMILES string of the molecule is CC(C(=O)NCCc1cccs1)n1nc(-c2ccccc2)c2ccccc21. The van der Waals surface area contributed by atoms with Crippen LogP contribution >= 0.6 is 11.3 Å². The average Bonchev–Trinajstić information content (AvgIpc) is 3.36. The fraction of sp³-hybridized carbons (Fsp3) is 0.182. The van der Waals surface area contributed by atoms with Gasteiger partial charge < -0.3 is 5.32 Å². The Morgan fingerprint density at radius 1 is 1.07 bits per heavy atom. The minimum absolute atomic E-state index is 0.0144. The van der Waals surface area contributed by atoms with E-state index in [0.717, 1.165) is 28.6 Å². The Bertz CT molecular complexity index is 1040. The molecule has 0 aliphatic heterocycles. The number of nitrogens with zero attached hydrogens (tertiary/aromatic N) is 2. The molecule has 0 aliphatic carbocycles. The number of nitrogens with one attached hydrogen (secondary N) is 1. The minimum Gasteiger partial charge on any atom is -0.354 e. The van der Waals surface area contributed by atoms with Crippen molar-refractivity contribution in [1.29, 1.82) is 0 Å². The lowest BCUT2D eigenvalue weighted by atomic mass is 10.1. The second kappa shape index (κ2) is 7.76. The first-order valence-electron chi connectivity index (χ1n) is 9.07. The third kappa shape index (κ3) is 3.64. The molecule has 136 valence electrons. The molecule has 0 spiro atoms. The van der Waals surface area contributed by atoms with Crippen LogP contribution < -0.4 is 5.32 Å². The maximum Gasteiger partial charge on any atom is 0.244 e. The summed E-state index contributed by atoms with van der Waals surface area (Å²) in [6.45, 7) is 2.53. The molecular weight excluding hydrogens is 354 g/mol. The molecule has 0 aliphatic rings. The van der Waals surface area contributed by atoms with E-state index in [4.69, 9.17) is 5.10 Å². The summed E-state index contributed by atoms with van der Waals surface area (Å²) in [6, 6.07) is 21.9. The van der Waals surface area contributed by atoms with E-state index < -0.39 is 0 Å². The molecule has 4 rings (SSSR count). The van der Waals surface area contributed by atoms with Gasteiger partial charge in [0.1, 0.15) is 11.7 Å². The molecule has 2 aromatic heterocycles. The Kier molecular flexibility index (Phi) is 5.03. The van der Waals surface area contributed by atoms with Gasteiger partial charge in [-0.3, -0.25) is 9.48 Å². The Labute approximate surface area is 162 Å². The van der Waals surface area contributed by atoms with Crippen LogP contribution in [0.3, 0.4) is 0 Å². The second-order valence-electron chi connectivity index (χ2n) is 6.47. The van der Waals surface area contributed by atoms with Gasteiger partial charge in [-0.15, -0.1) is 11.3 Å². The molecule has 1 atom stereocenters. The van der Waals surface area contributed by atoms with Crippen LogP contribution in [0.1, 0.15) is 17.8 Å². The van der Waals surface area contributed by atoms with Crippen LogP contribution in [0.4, 0.5) is 0 Å². The number of thiophene rings is 1. The number of hydrogen-bond acceptors (Lipinski definition) is 3. The van der Waals surface area contributed by atoms with Gasteiger partial charge in [0.05, 0.1) is 5.52 Å². The Morgan fingerprint density at radius 3 is 2.63 bits per heavy atom. The number of hydrogen-bond donors (Lipinski definition) is 1. The molecule has 0 radical (unpaired) electrons. The van der Waals surface area contributed by atoms with Crippen LogP contribution in [-0.4, -0.2) is 22.2 Å². The van der Waals surface area contributed by atoms with Crippen molar-refractivity contribution in [2.75, 3.05) is 6.54 Å². The van der Waals surface area contributed by atoms with Crippen molar-refractivity contribution in [3.63, 3.8) is 0 Å². The Morgan fingerprint density at radius 2 is 1.85 bits per heavy atom. The number of para-hydroxylation sites is 1. The van der Waals surface area contributed by atoms with Crippen molar-refractivity contribution in [2.45, 2.75) is 19.4 Å². The summed E-state index contributed by atoms with van der Waals surface area (Å²) < 4.78 is 1.83. The largest absolute Gasteiger partial charge is 0.354 e. The molecule has 1 unspecified atom stereocenters. The van der Waals surface area contributed by atoms with Crippen molar-refractivity contribution in [3.8, 4) is 11.3 Å². The zero-order valence-corrected chi connectivity index (χ0v) is 15.9. The number of benzene rings is 2. The highest BCUT2D eigenvalue weighted by Crippen LogP contribution is 2.29. The van der Waals surface area contributed by atoms with Gasteiger partial charge >= 0.3 is 0 Å². The first kappa shape index (κ1) is 17.5. The molecule has 0 saturated heterocycles. The molecule has 1 N–H and O–H groups in total. The first-order valence-corrected chi connectivity index (χ1v) is 9.95. The molecular formula is C22H21N3OS. The maximum absolute atomic E-state index is 12.7. The first-order chi connectivity index (χ1) is 13.2. The lowest BCUT2D eigenvalue weighted by Crippen LogP contribution is -2.32. The highest BCUT2D eigenvalue weighted by Gasteiger charge is 2.20. The van der Waals surface area contributed by atoms with Crippen molar-refractivity contribution >= 4 is 28.1 Å². The topological polar surface area (TPSA) is 46.9 Å². The van der Waals surface area contributed by atoms with Crippen LogP contribution in [0.25, 0.3) is 22.2 Å². The van der Waals surface area contributed by atoms with E-state index in [9.17, 15) is 4.79 Å².